The number of rotatable bonds is 2. The second-order valence-corrected chi connectivity index (χ2v) is 3.09. The van der Waals surface area contributed by atoms with Gasteiger partial charge in [-0.2, -0.15) is 0 Å². The fourth-order valence-electron chi connectivity index (χ4n) is 1.06. The van der Waals surface area contributed by atoms with Gasteiger partial charge < -0.3 is 10.2 Å². The lowest BCUT2D eigenvalue weighted by Crippen LogP contribution is -1.84. The minimum atomic E-state index is -0.0750. The molecule has 1 aromatic rings. The number of halogens is 1. The Morgan fingerprint density at radius 3 is 2.50 bits per heavy atom. The molecule has 0 atom stereocenters. The summed E-state index contributed by atoms with van der Waals surface area (Å²) in [6.45, 7) is 2.01. The smallest absolute Gasteiger partial charge is 0.137 e. The van der Waals surface area contributed by atoms with Crippen LogP contribution >= 0.6 is 11.6 Å². The van der Waals surface area contributed by atoms with Crippen LogP contribution < -0.4 is 0 Å². The molecule has 0 spiro atoms. The number of phenols is 2. The van der Waals surface area contributed by atoms with Crippen LogP contribution in [0.25, 0.3) is 0 Å². The first-order valence-electron chi connectivity index (χ1n) is 3.85. The van der Waals surface area contributed by atoms with Crippen LogP contribution in [0.5, 0.6) is 11.5 Å². The molecule has 0 saturated carbocycles. The molecule has 2 nitrogen and oxygen atoms in total. The van der Waals surface area contributed by atoms with Crippen LogP contribution in [0.4, 0.5) is 0 Å². The molecule has 0 bridgehead atoms. The van der Waals surface area contributed by atoms with Gasteiger partial charge in [0, 0.05) is 6.07 Å². The first kappa shape index (κ1) is 9.20. The van der Waals surface area contributed by atoms with E-state index in [4.69, 9.17) is 16.7 Å². The molecule has 0 saturated heterocycles. The summed E-state index contributed by atoms with van der Waals surface area (Å²) in [5, 5.41) is 18.7. The van der Waals surface area contributed by atoms with Crippen molar-refractivity contribution in [2.45, 2.75) is 19.8 Å². The first-order valence-corrected chi connectivity index (χ1v) is 4.23. The Morgan fingerprint density at radius 2 is 1.92 bits per heavy atom. The number of aromatic hydroxyl groups is 2. The van der Waals surface area contributed by atoms with E-state index in [0.717, 1.165) is 18.4 Å². The Hall–Kier alpha value is -0.890. The molecular formula is C9H11ClO2. The van der Waals surface area contributed by atoms with Gasteiger partial charge in [0.25, 0.3) is 0 Å². The predicted molar refractivity (Wildman–Crippen MR) is 48.8 cm³/mol. The maximum absolute atomic E-state index is 9.33. The van der Waals surface area contributed by atoms with Gasteiger partial charge >= 0.3 is 0 Å². The fraction of sp³-hybridized carbons (Fsp3) is 0.333. The molecule has 0 fully saturated rings. The maximum Gasteiger partial charge on any atom is 0.137 e. The van der Waals surface area contributed by atoms with Gasteiger partial charge in [0.1, 0.15) is 11.5 Å². The molecule has 0 unspecified atom stereocenters. The number of benzene rings is 1. The summed E-state index contributed by atoms with van der Waals surface area (Å²) in [6.07, 6.45) is 1.71. The van der Waals surface area contributed by atoms with Crippen molar-refractivity contribution >= 4 is 11.6 Å². The maximum atomic E-state index is 9.33. The molecule has 0 heterocycles. The lowest BCUT2D eigenvalue weighted by atomic mass is 10.1. The molecule has 1 rings (SSSR count). The Kier molecular flexibility index (Phi) is 2.82. The lowest BCUT2D eigenvalue weighted by Gasteiger charge is -2.04. The summed E-state index contributed by atoms with van der Waals surface area (Å²) < 4.78 is 0. The van der Waals surface area contributed by atoms with Crippen LogP contribution in [-0.2, 0) is 6.42 Å². The Labute approximate surface area is 76.4 Å². The van der Waals surface area contributed by atoms with E-state index in [0.29, 0.717) is 0 Å². The minimum Gasteiger partial charge on any atom is -0.508 e. The molecule has 0 aromatic heterocycles. The van der Waals surface area contributed by atoms with Gasteiger partial charge in [0.2, 0.25) is 0 Å². The third kappa shape index (κ3) is 1.83. The van der Waals surface area contributed by atoms with Crippen LogP contribution in [0.3, 0.4) is 0 Å². The molecule has 0 aliphatic carbocycles. The molecule has 2 N–H and O–H groups in total. The van der Waals surface area contributed by atoms with Crippen LogP contribution in [-0.4, -0.2) is 10.2 Å². The minimum absolute atomic E-state index is 0.0750. The van der Waals surface area contributed by atoms with Gasteiger partial charge in [-0.1, -0.05) is 24.9 Å². The summed E-state index contributed by atoms with van der Waals surface area (Å²) in [5.74, 6) is 0.0350. The molecule has 0 aliphatic heterocycles. The summed E-state index contributed by atoms with van der Waals surface area (Å²) in [4.78, 5) is 0. The van der Waals surface area contributed by atoms with Crippen molar-refractivity contribution in [1.82, 2.24) is 0 Å². The van der Waals surface area contributed by atoms with E-state index in [1.165, 1.54) is 6.07 Å². The molecule has 0 radical (unpaired) electrons. The van der Waals surface area contributed by atoms with Gasteiger partial charge in [0.05, 0.1) is 5.02 Å². The Bertz CT molecular complexity index is 284. The summed E-state index contributed by atoms with van der Waals surface area (Å²) in [7, 11) is 0. The predicted octanol–water partition coefficient (Wildman–Crippen LogP) is 2.70. The second kappa shape index (κ2) is 3.68. The number of phenolic OH excluding ortho intramolecular Hbond substituents is 2. The number of hydrogen-bond donors (Lipinski definition) is 2. The average Bonchev–Trinajstić information content (AvgIpc) is 2.01. The van der Waals surface area contributed by atoms with Gasteiger partial charge in [-0.05, 0) is 18.1 Å². The molecule has 0 amide bonds. The lowest BCUT2D eigenvalue weighted by molar-refractivity contribution is 0.446. The highest BCUT2D eigenvalue weighted by atomic mass is 35.5. The third-order valence-electron chi connectivity index (χ3n) is 1.67. The van der Waals surface area contributed by atoms with Gasteiger partial charge in [0.15, 0.2) is 0 Å². The largest absolute Gasteiger partial charge is 0.508 e. The van der Waals surface area contributed by atoms with Crippen molar-refractivity contribution in [3.63, 3.8) is 0 Å². The SMILES string of the molecule is CCCc1cc(Cl)c(O)cc1O. The highest BCUT2D eigenvalue weighted by molar-refractivity contribution is 6.32. The number of hydrogen-bond acceptors (Lipinski definition) is 2. The zero-order chi connectivity index (χ0) is 9.14. The molecule has 66 valence electrons. The van der Waals surface area contributed by atoms with Crippen molar-refractivity contribution < 1.29 is 10.2 Å². The topological polar surface area (TPSA) is 40.5 Å². The Morgan fingerprint density at radius 1 is 1.25 bits per heavy atom. The summed E-state index contributed by atoms with van der Waals surface area (Å²) in [5.41, 5.74) is 0.778. The number of aryl methyl sites for hydroxylation is 1. The van der Waals surface area contributed by atoms with E-state index in [9.17, 15) is 5.11 Å². The highest BCUT2D eigenvalue weighted by Crippen LogP contribution is 2.31. The molecule has 12 heavy (non-hydrogen) atoms. The Balaban J connectivity index is 3.05. The monoisotopic (exact) mass is 186 g/mol. The standard InChI is InChI=1S/C9H11ClO2/c1-2-3-6-4-7(10)9(12)5-8(6)11/h4-5,11-12H,2-3H2,1H3. The molecular weight excluding hydrogens is 176 g/mol. The van der Waals surface area contributed by atoms with Crippen molar-refractivity contribution in [3.05, 3.63) is 22.7 Å². The summed E-state index contributed by atoms with van der Waals surface area (Å²) in [6, 6.07) is 2.86. The second-order valence-electron chi connectivity index (χ2n) is 2.68. The van der Waals surface area contributed by atoms with E-state index >= 15 is 0 Å². The van der Waals surface area contributed by atoms with Crippen LogP contribution in [0.1, 0.15) is 18.9 Å². The zero-order valence-corrected chi connectivity index (χ0v) is 7.60. The van der Waals surface area contributed by atoms with Crippen molar-refractivity contribution in [1.29, 1.82) is 0 Å². The van der Waals surface area contributed by atoms with Crippen molar-refractivity contribution in [2.75, 3.05) is 0 Å². The van der Waals surface area contributed by atoms with Crippen molar-refractivity contribution in [2.24, 2.45) is 0 Å². The van der Waals surface area contributed by atoms with Crippen molar-refractivity contribution in [3.8, 4) is 11.5 Å². The molecule has 3 heteroatoms. The van der Waals surface area contributed by atoms with Crippen LogP contribution in [0.2, 0.25) is 5.02 Å². The quantitative estimate of drug-likeness (QED) is 0.746. The van der Waals surface area contributed by atoms with Gasteiger partial charge in [-0.3, -0.25) is 0 Å². The van der Waals surface area contributed by atoms with Crippen LogP contribution in [0, 0.1) is 0 Å². The van der Waals surface area contributed by atoms with Gasteiger partial charge in [-0.15, -0.1) is 0 Å². The normalized spacial score (nSPS) is 10.2. The first-order chi connectivity index (χ1) is 5.65. The average molecular weight is 187 g/mol. The van der Waals surface area contributed by atoms with E-state index in [2.05, 4.69) is 0 Å². The zero-order valence-electron chi connectivity index (χ0n) is 6.84. The van der Waals surface area contributed by atoms with Crippen LogP contribution in [0.15, 0.2) is 12.1 Å². The fourth-order valence-corrected chi connectivity index (χ4v) is 1.25. The van der Waals surface area contributed by atoms with Gasteiger partial charge in [-0.25, -0.2) is 0 Å². The molecule has 1 aromatic carbocycles. The van der Waals surface area contributed by atoms with E-state index in [1.807, 2.05) is 6.92 Å². The third-order valence-corrected chi connectivity index (χ3v) is 1.97. The van der Waals surface area contributed by atoms with E-state index < -0.39 is 0 Å². The van der Waals surface area contributed by atoms with E-state index in [-0.39, 0.29) is 16.5 Å². The highest BCUT2D eigenvalue weighted by Gasteiger charge is 2.05. The summed E-state index contributed by atoms with van der Waals surface area (Å²) >= 11 is 5.66. The molecule has 0 aliphatic rings. The van der Waals surface area contributed by atoms with E-state index in [1.54, 1.807) is 6.07 Å².